The molecule has 0 N–H and O–H groups in total. The molecule has 0 spiro atoms. The molecule has 12 fully saturated rings. The third-order valence-electron chi connectivity index (χ3n) is 30.0. The molecular weight excluding hydrogens is 1240 g/mol. The molecule has 0 heterocycles. The van der Waals surface area contributed by atoms with Crippen molar-refractivity contribution in [2.75, 3.05) is 0 Å². The van der Waals surface area contributed by atoms with Gasteiger partial charge in [0.25, 0.3) is 0 Å². The Balaban J connectivity index is 0.000000114. The van der Waals surface area contributed by atoms with Gasteiger partial charge in [-0.3, -0.25) is 0 Å². The molecule has 0 radical (unpaired) electrons. The summed E-state index contributed by atoms with van der Waals surface area (Å²) in [5.41, 5.74) is 33.6. The van der Waals surface area contributed by atoms with E-state index in [4.69, 9.17) is 0 Å². The fourth-order valence-corrected chi connectivity index (χ4v) is 22.6. The molecule has 19 rings (SSSR count). The molecule has 3 unspecified atom stereocenters. The molecule has 3 atom stereocenters. The van der Waals surface area contributed by atoms with E-state index in [0.29, 0.717) is 5.41 Å². The summed E-state index contributed by atoms with van der Waals surface area (Å²) in [6.45, 7) is 33.4. The van der Waals surface area contributed by atoms with Gasteiger partial charge in [0, 0.05) is 0 Å². The van der Waals surface area contributed by atoms with Crippen LogP contribution >= 0.6 is 0 Å². The van der Waals surface area contributed by atoms with Gasteiger partial charge in [0.15, 0.2) is 0 Å². The number of fused-ring (bicyclic) bond motifs is 4. The van der Waals surface area contributed by atoms with E-state index >= 15 is 0 Å². The van der Waals surface area contributed by atoms with Gasteiger partial charge >= 0.3 is 0 Å². The summed E-state index contributed by atoms with van der Waals surface area (Å²) < 4.78 is 0. The number of benzene rings is 7. The first-order valence-electron chi connectivity index (χ1n) is 43.1. The number of aryl methyl sites for hydroxylation is 13. The first-order valence-corrected chi connectivity index (χ1v) is 43.1. The van der Waals surface area contributed by atoms with Gasteiger partial charge in [0.05, 0.1) is 0 Å². The Morgan fingerprint density at radius 2 is 0.583 bits per heavy atom. The van der Waals surface area contributed by atoms with Gasteiger partial charge in [-0.05, 0) is 438 Å². The van der Waals surface area contributed by atoms with Crippen molar-refractivity contribution in [3.8, 4) is 0 Å². The van der Waals surface area contributed by atoms with Crippen LogP contribution in [0.3, 0.4) is 0 Å². The standard InChI is InChI=1S/C18H24.C15H20.C15H22.C14H18.2C14H20.C13H18/c1-11-3-4-15(5-12(11)2)18-16-7-13-6-14(9-16)10-17(18)8-13;1-10-3-5-13(7-11(10)2)15-9-12-4-6-14(15)8-12;1-11-9-15(10-12(2)13(11)3)14-7-5-4-6-8-14;1-11-2-4-13(5-3-11)14-8-6-12(10-14)7-9-14;1-10-8-14(9-11(2)12(10)3)13-6-4-5-7-13;1-11-8-9-14(10-12(11)2)13-6-4-3-5-7-13;1-10-7-8-13(9-11(10)2)12-5-3-4-6-12/h3-5,13-14,16-18H,6-10H2,1-2H3;3,5,7,12,14-15H,4,6,8-9H2,1-2H3;9-10,14H,4-8H2,1-3H3;2-5,12H,6-10H2,1H3;8-9,13H,4-7H2,1-3H3;8-10,13H,3-7H2,1-2H3;7-9,12H,3-6H2,1-2H3. The molecule has 7 aromatic rings. The molecule has 0 amide bonds. The highest BCUT2D eigenvalue weighted by Crippen LogP contribution is 2.60. The Morgan fingerprint density at radius 3 is 0.942 bits per heavy atom. The zero-order chi connectivity index (χ0) is 72.5. The monoisotopic (exact) mass is 1380 g/mol. The summed E-state index contributed by atoms with van der Waals surface area (Å²) in [6, 6.07) is 47.2. The third kappa shape index (κ3) is 19.5. The molecule has 12 aliphatic rings. The molecule has 0 aliphatic heterocycles. The lowest BCUT2D eigenvalue weighted by atomic mass is 9.50. The van der Waals surface area contributed by atoms with E-state index in [1.165, 1.54) is 282 Å². The van der Waals surface area contributed by atoms with Crippen molar-refractivity contribution >= 4 is 0 Å². The van der Waals surface area contributed by atoms with Crippen LogP contribution in [0.25, 0.3) is 0 Å². The quantitative estimate of drug-likeness (QED) is 0.149. The Morgan fingerprint density at radius 1 is 0.243 bits per heavy atom. The van der Waals surface area contributed by atoms with E-state index < -0.39 is 0 Å². The molecule has 0 nitrogen and oxygen atoms in total. The van der Waals surface area contributed by atoms with Crippen LogP contribution in [0.15, 0.2) is 121 Å². The van der Waals surface area contributed by atoms with E-state index in [9.17, 15) is 0 Å². The minimum atomic E-state index is 0.596. The molecular formula is C103H142. The van der Waals surface area contributed by atoms with E-state index in [1.807, 2.05) is 0 Å². The van der Waals surface area contributed by atoms with Crippen molar-refractivity contribution in [2.45, 2.75) is 350 Å². The largest absolute Gasteiger partial charge is 0.0590 e. The van der Waals surface area contributed by atoms with Crippen molar-refractivity contribution < 1.29 is 0 Å². The Bertz CT molecular complexity index is 3790. The SMILES string of the molecule is Cc1cc(C2CCCC2)cc(C)c1C.Cc1cc(C2CCCCC2)cc(C)c1C.Cc1ccc(C23CCC(CC2)C3)cc1.Cc1ccc(C2C3CC4CC(C3)CC2C4)cc1C.Cc1ccc(C2CC3CCC2C3)cc1C.Cc1ccc(C2CCCC2)cc1C.Cc1ccc(C2CCCCC2)cc1C. The molecule has 12 aliphatic carbocycles. The molecule has 103 heavy (non-hydrogen) atoms. The summed E-state index contributed by atoms with van der Waals surface area (Å²) in [5, 5.41) is 0. The maximum Gasteiger partial charge on any atom is -0.00441 e. The van der Waals surface area contributed by atoms with E-state index in [0.717, 1.165) is 76.9 Å². The van der Waals surface area contributed by atoms with Crippen LogP contribution in [0.2, 0.25) is 0 Å². The van der Waals surface area contributed by atoms with Crippen LogP contribution in [0.1, 0.15) is 363 Å². The van der Waals surface area contributed by atoms with Crippen LogP contribution in [-0.4, -0.2) is 0 Å². The zero-order valence-corrected chi connectivity index (χ0v) is 68.2. The van der Waals surface area contributed by atoms with E-state index in [1.54, 1.807) is 45.4 Å². The van der Waals surface area contributed by atoms with Crippen LogP contribution < -0.4 is 0 Å². The van der Waals surface area contributed by atoms with Crippen LogP contribution in [0.4, 0.5) is 0 Å². The van der Waals surface area contributed by atoms with Crippen LogP contribution in [0, 0.1) is 145 Å². The summed E-state index contributed by atoms with van der Waals surface area (Å²) in [7, 11) is 0. The van der Waals surface area contributed by atoms with Gasteiger partial charge in [-0.2, -0.15) is 0 Å². The van der Waals surface area contributed by atoms with Gasteiger partial charge in [-0.15, -0.1) is 0 Å². The normalized spacial score (nSPS) is 26.7. The molecule has 0 saturated heterocycles. The van der Waals surface area contributed by atoms with Gasteiger partial charge in [0.1, 0.15) is 0 Å². The number of rotatable bonds is 7. The highest BCUT2D eigenvalue weighted by atomic mass is 14.5. The summed E-state index contributed by atoms with van der Waals surface area (Å²) in [6.07, 6.45) is 46.5. The van der Waals surface area contributed by atoms with Gasteiger partial charge < -0.3 is 0 Å². The molecule has 0 heteroatoms. The second-order valence-corrected chi connectivity index (χ2v) is 37.1. The average Bonchev–Trinajstić information content (AvgIpc) is 1.68. The number of hydrogen-bond donors (Lipinski definition) is 0. The van der Waals surface area contributed by atoms with E-state index in [2.05, 4.69) is 225 Å². The lowest BCUT2D eigenvalue weighted by molar-refractivity contribution is -0.00279. The van der Waals surface area contributed by atoms with Gasteiger partial charge in [-0.25, -0.2) is 0 Å². The highest BCUT2D eigenvalue weighted by molar-refractivity contribution is 5.42. The third-order valence-corrected chi connectivity index (χ3v) is 30.0. The van der Waals surface area contributed by atoms with Gasteiger partial charge in [0.2, 0.25) is 0 Å². The molecule has 8 bridgehead atoms. The minimum absolute atomic E-state index is 0.596. The van der Waals surface area contributed by atoms with E-state index in [-0.39, 0.29) is 0 Å². The summed E-state index contributed by atoms with van der Waals surface area (Å²) in [5.74, 6) is 12.5. The lowest BCUT2D eigenvalue weighted by Crippen LogP contribution is -2.43. The second kappa shape index (κ2) is 35.5. The Kier molecular flexibility index (Phi) is 26.6. The molecule has 12 saturated carbocycles. The van der Waals surface area contributed by atoms with Crippen molar-refractivity contribution in [3.63, 3.8) is 0 Å². The predicted molar refractivity (Wildman–Crippen MR) is 446 cm³/mol. The predicted octanol–water partition coefficient (Wildman–Crippen LogP) is 30.1. The zero-order valence-electron chi connectivity index (χ0n) is 68.2. The fourth-order valence-electron chi connectivity index (χ4n) is 22.6. The second-order valence-electron chi connectivity index (χ2n) is 37.1. The Hall–Kier alpha value is -5.46. The minimum Gasteiger partial charge on any atom is -0.0590 e. The highest BCUT2D eigenvalue weighted by Gasteiger charge is 2.49. The average molecular weight is 1380 g/mol. The van der Waals surface area contributed by atoms with Crippen molar-refractivity contribution in [2.24, 2.45) is 41.4 Å². The Labute approximate surface area is 631 Å². The first-order chi connectivity index (χ1) is 49.6. The van der Waals surface area contributed by atoms with Crippen LogP contribution in [0.5, 0.6) is 0 Å². The molecule has 0 aromatic heterocycles. The topological polar surface area (TPSA) is 0 Å². The number of hydrogen-bond acceptors (Lipinski definition) is 0. The lowest BCUT2D eigenvalue weighted by Gasteiger charge is -2.54. The summed E-state index contributed by atoms with van der Waals surface area (Å²) >= 11 is 0. The fraction of sp³-hybridized carbons (Fsp3) is 0.592. The van der Waals surface area contributed by atoms with Gasteiger partial charge in [-0.1, -0.05) is 198 Å². The first kappa shape index (κ1) is 77.2. The molecule has 554 valence electrons. The van der Waals surface area contributed by atoms with Crippen molar-refractivity contribution in [1.29, 1.82) is 0 Å². The van der Waals surface area contributed by atoms with Crippen molar-refractivity contribution in [1.82, 2.24) is 0 Å². The molecule has 7 aromatic carbocycles. The maximum absolute atomic E-state index is 2.49. The van der Waals surface area contributed by atoms with Crippen LogP contribution in [-0.2, 0) is 5.41 Å². The van der Waals surface area contributed by atoms with Crippen molar-refractivity contribution in [3.05, 3.63) is 244 Å². The maximum atomic E-state index is 2.49. The smallest absolute Gasteiger partial charge is 0.00441 e. The summed E-state index contributed by atoms with van der Waals surface area (Å²) in [4.78, 5) is 0.